The molecule has 0 aliphatic rings. The summed E-state index contributed by atoms with van der Waals surface area (Å²) >= 11 is 0. The Bertz CT molecular complexity index is 774. The summed E-state index contributed by atoms with van der Waals surface area (Å²) < 4.78 is 0. The number of rotatable bonds is 4. The molecule has 4 heteroatoms. The molecule has 0 unspecified atom stereocenters. The number of unbranched alkanes of at least 4 members (excludes halogenated alkanes) is 2. The summed E-state index contributed by atoms with van der Waals surface area (Å²) in [7, 11) is 0. The van der Waals surface area contributed by atoms with Crippen LogP contribution in [0.3, 0.4) is 0 Å². The minimum Gasteiger partial charge on any atom is -0.412 e. The Morgan fingerprint density at radius 3 is 2.17 bits per heavy atom. The van der Waals surface area contributed by atoms with Crippen molar-refractivity contribution in [2.24, 2.45) is 0 Å². The van der Waals surface area contributed by atoms with E-state index in [4.69, 9.17) is 0 Å². The van der Waals surface area contributed by atoms with Gasteiger partial charge in [-0.3, -0.25) is 9.59 Å². The minimum atomic E-state index is -0.0378. The highest BCUT2D eigenvalue weighted by Gasteiger charge is 2.14. The van der Waals surface area contributed by atoms with E-state index in [0.717, 1.165) is 35.6 Å². The van der Waals surface area contributed by atoms with Crippen molar-refractivity contribution in [2.75, 3.05) is 0 Å². The second-order valence-corrected chi connectivity index (χ2v) is 5.41. The third-order valence-electron chi connectivity index (χ3n) is 3.68. The molecule has 2 aromatic carbocycles. The lowest BCUT2D eigenvalue weighted by Gasteiger charge is -2.09. The summed E-state index contributed by atoms with van der Waals surface area (Å²) in [6.07, 6.45) is 3.06. The summed E-state index contributed by atoms with van der Waals surface area (Å²) in [5.74, 6) is 6.28. The molecule has 0 fully saturated rings. The van der Waals surface area contributed by atoms with E-state index in [-0.39, 0.29) is 22.5 Å². The average molecular weight is 328 g/mol. The van der Waals surface area contributed by atoms with Crippen molar-refractivity contribution in [2.45, 2.75) is 40.0 Å². The van der Waals surface area contributed by atoms with Crippen LogP contribution in [0, 0.1) is 11.8 Å². The molecule has 0 saturated heterocycles. The number of hydrogen-bond donors (Lipinski definition) is 0. The van der Waals surface area contributed by atoms with Crippen molar-refractivity contribution >= 4 is 22.3 Å². The summed E-state index contributed by atoms with van der Waals surface area (Å²) in [5.41, 5.74) is 2.04. The van der Waals surface area contributed by atoms with Gasteiger partial charge in [-0.2, -0.15) is 0 Å². The molecule has 0 aromatic heterocycles. The van der Waals surface area contributed by atoms with Crippen molar-refractivity contribution in [1.29, 1.82) is 0 Å². The first-order chi connectivity index (χ1) is 10.6. The van der Waals surface area contributed by atoms with Crippen LogP contribution in [0.2, 0.25) is 0 Å². The van der Waals surface area contributed by atoms with E-state index < -0.39 is 0 Å². The van der Waals surface area contributed by atoms with Crippen molar-refractivity contribution in [1.82, 2.24) is 0 Å². The van der Waals surface area contributed by atoms with Gasteiger partial charge in [0.1, 0.15) is 0 Å². The first-order valence-electron chi connectivity index (χ1n) is 7.62. The molecule has 2 aromatic rings. The Morgan fingerprint density at radius 1 is 0.958 bits per heavy atom. The standard InChI is InChI=1S/C20H20O2.2H2O/c1-4-5-6-7-9-16-12-13-18(15(3)22)20-17(14(2)21)10-8-11-19(16)20;;/h8,10-13H,4-6H2,1-3H3;2*1H2. The molecule has 0 saturated carbocycles. The van der Waals surface area contributed by atoms with Gasteiger partial charge in [0.25, 0.3) is 0 Å². The monoisotopic (exact) mass is 328 g/mol. The predicted octanol–water partition coefficient (Wildman–Crippen LogP) is 3.14. The molecule has 2 rings (SSSR count). The lowest BCUT2D eigenvalue weighted by Crippen LogP contribution is -2.01. The van der Waals surface area contributed by atoms with E-state index in [9.17, 15) is 9.59 Å². The van der Waals surface area contributed by atoms with E-state index in [1.165, 1.54) is 13.8 Å². The maximum atomic E-state index is 11.9. The highest BCUT2D eigenvalue weighted by atomic mass is 16.1. The molecule has 0 aliphatic carbocycles. The van der Waals surface area contributed by atoms with Gasteiger partial charge in [-0.05, 0) is 37.8 Å². The first kappa shape index (κ1) is 21.5. The SMILES string of the molecule is CCCCC#Cc1ccc(C(C)=O)c2c(C(C)=O)cccc12.O.O. The van der Waals surface area contributed by atoms with Crippen molar-refractivity contribution in [3.05, 3.63) is 47.0 Å². The van der Waals surface area contributed by atoms with Gasteiger partial charge in [0.05, 0.1) is 0 Å². The topological polar surface area (TPSA) is 97.1 Å². The second kappa shape index (κ2) is 9.61. The van der Waals surface area contributed by atoms with Crippen LogP contribution >= 0.6 is 0 Å². The van der Waals surface area contributed by atoms with Crippen LogP contribution in [-0.2, 0) is 0 Å². The number of carbonyl (C=O) groups is 2. The Labute approximate surface area is 142 Å². The van der Waals surface area contributed by atoms with Crippen molar-refractivity contribution in [3.8, 4) is 11.8 Å². The molecule has 0 bridgehead atoms. The molecular weight excluding hydrogens is 304 g/mol. The normalized spacial score (nSPS) is 9.29. The molecule has 0 radical (unpaired) electrons. The van der Waals surface area contributed by atoms with Crippen molar-refractivity contribution in [3.63, 3.8) is 0 Å². The highest BCUT2D eigenvalue weighted by Crippen LogP contribution is 2.27. The zero-order valence-corrected chi connectivity index (χ0v) is 14.3. The molecule has 0 aliphatic heterocycles. The summed E-state index contributed by atoms with van der Waals surface area (Å²) in [5, 5.41) is 1.61. The number of ketones is 2. The average Bonchev–Trinajstić information content (AvgIpc) is 2.50. The van der Waals surface area contributed by atoms with Gasteiger partial charge in [0, 0.05) is 28.5 Å². The summed E-state index contributed by atoms with van der Waals surface area (Å²) in [6.45, 7) is 5.19. The Morgan fingerprint density at radius 2 is 1.58 bits per heavy atom. The number of Topliss-reactive ketones (excluding diaryl/α,β-unsaturated/α-hetero) is 2. The van der Waals surface area contributed by atoms with E-state index >= 15 is 0 Å². The third-order valence-corrected chi connectivity index (χ3v) is 3.68. The molecule has 4 nitrogen and oxygen atoms in total. The zero-order chi connectivity index (χ0) is 16.1. The van der Waals surface area contributed by atoms with Crippen LogP contribution in [0.5, 0.6) is 0 Å². The van der Waals surface area contributed by atoms with Crippen LogP contribution in [0.25, 0.3) is 10.8 Å². The molecule has 0 atom stereocenters. The molecule has 24 heavy (non-hydrogen) atoms. The van der Waals surface area contributed by atoms with Crippen LogP contribution in [-0.4, -0.2) is 22.5 Å². The highest BCUT2D eigenvalue weighted by molar-refractivity contribution is 6.16. The minimum absolute atomic E-state index is 0. The molecule has 0 heterocycles. The van der Waals surface area contributed by atoms with E-state index in [1.807, 2.05) is 18.2 Å². The lowest BCUT2D eigenvalue weighted by molar-refractivity contribution is 0.101. The van der Waals surface area contributed by atoms with Crippen LogP contribution < -0.4 is 0 Å². The van der Waals surface area contributed by atoms with Gasteiger partial charge in [0.15, 0.2) is 11.6 Å². The van der Waals surface area contributed by atoms with Crippen LogP contribution in [0.15, 0.2) is 30.3 Å². The number of benzene rings is 2. The first-order valence-corrected chi connectivity index (χ1v) is 7.62. The van der Waals surface area contributed by atoms with Gasteiger partial charge >= 0.3 is 0 Å². The Balaban J connectivity index is 0.00000264. The third kappa shape index (κ3) is 4.51. The van der Waals surface area contributed by atoms with Crippen molar-refractivity contribution < 1.29 is 20.5 Å². The zero-order valence-electron chi connectivity index (χ0n) is 14.3. The molecule has 0 amide bonds. The van der Waals surface area contributed by atoms with Gasteiger partial charge in [-0.1, -0.05) is 43.4 Å². The van der Waals surface area contributed by atoms with E-state index in [1.54, 1.807) is 12.1 Å². The predicted molar refractivity (Wildman–Crippen MR) is 97.6 cm³/mol. The quantitative estimate of drug-likeness (QED) is 0.489. The molecule has 0 spiro atoms. The Hall–Kier alpha value is -2.48. The molecular formula is C20H24O4. The maximum absolute atomic E-state index is 11.9. The fourth-order valence-electron chi connectivity index (χ4n) is 2.53. The molecule has 128 valence electrons. The van der Waals surface area contributed by atoms with Gasteiger partial charge in [-0.15, -0.1) is 0 Å². The number of hydrogen-bond acceptors (Lipinski definition) is 2. The van der Waals surface area contributed by atoms with E-state index in [2.05, 4.69) is 18.8 Å². The second-order valence-electron chi connectivity index (χ2n) is 5.41. The summed E-state index contributed by atoms with van der Waals surface area (Å²) in [4.78, 5) is 23.8. The van der Waals surface area contributed by atoms with Gasteiger partial charge < -0.3 is 11.0 Å². The lowest BCUT2D eigenvalue weighted by atomic mass is 9.92. The number of fused-ring (bicyclic) bond motifs is 1. The summed E-state index contributed by atoms with van der Waals surface area (Å²) in [6, 6.07) is 9.20. The smallest absolute Gasteiger partial charge is 0.160 e. The Kier molecular flexibility index (Phi) is 8.62. The largest absolute Gasteiger partial charge is 0.412 e. The van der Waals surface area contributed by atoms with Gasteiger partial charge in [0.2, 0.25) is 0 Å². The van der Waals surface area contributed by atoms with Crippen LogP contribution in [0.1, 0.15) is 66.3 Å². The maximum Gasteiger partial charge on any atom is 0.160 e. The number of carbonyl (C=O) groups excluding carboxylic acids is 2. The van der Waals surface area contributed by atoms with E-state index in [0.29, 0.717) is 11.1 Å². The van der Waals surface area contributed by atoms with Gasteiger partial charge in [-0.25, -0.2) is 0 Å². The van der Waals surface area contributed by atoms with Crippen LogP contribution in [0.4, 0.5) is 0 Å². The molecule has 4 N–H and O–H groups in total. The fraction of sp³-hybridized carbons (Fsp3) is 0.300. The fourth-order valence-corrected chi connectivity index (χ4v) is 2.53.